The Bertz CT molecular complexity index is 1080. The molecule has 0 bridgehead atoms. The van der Waals surface area contributed by atoms with Crippen molar-refractivity contribution in [3.8, 4) is 5.75 Å². The first-order valence-electron chi connectivity index (χ1n) is 9.59. The second-order valence-electron chi connectivity index (χ2n) is 7.98. The Morgan fingerprint density at radius 2 is 1.85 bits per heavy atom. The number of imide groups is 2. The van der Waals surface area contributed by atoms with Crippen molar-refractivity contribution in [2.45, 2.75) is 39.2 Å². The van der Waals surface area contributed by atoms with Gasteiger partial charge in [-0.2, -0.15) is 13.2 Å². The standard InChI is InChI=1S/C21H19ClF3N3O5/c1-20(2,3)33-19(31)27-10-17(29)28(18(27)30)16-8-7-12(9-26-16)32-11-13-14(21(23,24)25)5-4-6-15(13)22/h4-9H,10-11H2,1-3H3. The van der Waals surface area contributed by atoms with Gasteiger partial charge >= 0.3 is 18.3 Å². The van der Waals surface area contributed by atoms with E-state index in [4.69, 9.17) is 21.1 Å². The predicted molar refractivity (Wildman–Crippen MR) is 111 cm³/mol. The Morgan fingerprint density at radius 1 is 1.15 bits per heavy atom. The van der Waals surface area contributed by atoms with Gasteiger partial charge in [0.1, 0.15) is 30.3 Å². The summed E-state index contributed by atoms with van der Waals surface area (Å²) in [6.07, 6.45) is -4.44. The van der Waals surface area contributed by atoms with Crippen LogP contribution in [0.3, 0.4) is 0 Å². The van der Waals surface area contributed by atoms with Gasteiger partial charge in [0.25, 0.3) is 5.91 Å². The third-order valence-corrected chi connectivity index (χ3v) is 4.69. The molecule has 1 aromatic carbocycles. The van der Waals surface area contributed by atoms with E-state index in [1.54, 1.807) is 20.8 Å². The van der Waals surface area contributed by atoms with Crippen LogP contribution < -0.4 is 9.64 Å². The van der Waals surface area contributed by atoms with Gasteiger partial charge in [0.05, 0.1) is 11.8 Å². The lowest BCUT2D eigenvalue weighted by Crippen LogP contribution is -2.40. The third kappa shape index (κ3) is 5.54. The Morgan fingerprint density at radius 3 is 2.42 bits per heavy atom. The number of hydrogen-bond acceptors (Lipinski definition) is 6. The van der Waals surface area contributed by atoms with Crippen LogP contribution in [0.15, 0.2) is 36.5 Å². The normalized spacial score (nSPS) is 14.6. The first-order chi connectivity index (χ1) is 15.3. The van der Waals surface area contributed by atoms with Gasteiger partial charge in [-0.1, -0.05) is 17.7 Å². The second-order valence-corrected chi connectivity index (χ2v) is 8.39. The van der Waals surface area contributed by atoms with Crippen LogP contribution in [0.25, 0.3) is 0 Å². The number of nitrogens with zero attached hydrogens (tertiary/aromatic N) is 3. The van der Waals surface area contributed by atoms with Crippen LogP contribution in [0.2, 0.25) is 5.02 Å². The van der Waals surface area contributed by atoms with Crippen molar-refractivity contribution in [2.75, 3.05) is 11.4 Å². The van der Waals surface area contributed by atoms with Crippen molar-refractivity contribution >= 4 is 35.5 Å². The lowest BCUT2D eigenvalue weighted by molar-refractivity contribution is -0.138. The van der Waals surface area contributed by atoms with Crippen molar-refractivity contribution in [3.05, 3.63) is 52.7 Å². The molecule has 1 aliphatic rings. The molecule has 1 aromatic heterocycles. The monoisotopic (exact) mass is 485 g/mol. The smallest absolute Gasteiger partial charge is 0.419 e. The van der Waals surface area contributed by atoms with Crippen molar-refractivity contribution < 1.29 is 37.0 Å². The van der Waals surface area contributed by atoms with Crippen LogP contribution in [0, 0.1) is 0 Å². The van der Waals surface area contributed by atoms with Crippen LogP contribution in [0.4, 0.5) is 28.6 Å². The predicted octanol–water partition coefficient (Wildman–Crippen LogP) is 5.04. The van der Waals surface area contributed by atoms with Gasteiger partial charge in [-0.25, -0.2) is 24.4 Å². The number of pyridine rings is 1. The summed E-state index contributed by atoms with van der Waals surface area (Å²) >= 11 is 5.90. The minimum Gasteiger partial charge on any atom is -0.487 e. The lowest BCUT2D eigenvalue weighted by atomic mass is 10.1. The summed E-state index contributed by atoms with van der Waals surface area (Å²) in [5, 5.41) is -0.107. The average molecular weight is 486 g/mol. The summed E-state index contributed by atoms with van der Waals surface area (Å²) in [4.78, 5) is 42.3. The molecule has 33 heavy (non-hydrogen) atoms. The maximum atomic E-state index is 13.2. The van der Waals surface area contributed by atoms with E-state index in [1.165, 1.54) is 24.3 Å². The highest BCUT2D eigenvalue weighted by Crippen LogP contribution is 2.35. The molecule has 1 aliphatic heterocycles. The van der Waals surface area contributed by atoms with Crippen LogP contribution >= 0.6 is 11.6 Å². The number of rotatable bonds is 4. The minimum atomic E-state index is -4.61. The van der Waals surface area contributed by atoms with Gasteiger partial charge in [-0.05, 0) is 45.0 Å². The fourth-order valence-corrected chi connectivity index (χ4v) is 3.13. The van der Waals surface area contributed by atoms with E-state index >= 15 is 0 Å². The number of urea groups is 1. The summed E-state index contributed by atoms with van der Waals surface area (Å²) in [7, 11) is 0. The largest absolute Gasteiger partial charge is 0.487 e. The molecule has 1 saturated heterocycles. The van der Waals surface area contributed by atoms with Crippen molar-refractivity contribution in [1.29, 1.82) is 0 Å². The SMILES string of the molecule is CC(C)(C)OC(=O)N1CC(=O)N(c2ccc(OCc3c(Cl)cccc3C(F)(F)F)cn2)C1=O. The maximum Gasteiger partial charge on any atom is 0.419 e. The molecule has 2 heterocycles. The second kappa shape index (κ2) is 8.89. The zero-order valence-corrected chi connectivity index (χ0v) is 18.5. The third-order valence-electron chi connectivity index (χ3n) is 4.34. The van der Waals surface area contributed by atoms with E-state index in [0.29, 0.717) is 9.80 Å². The molecule has 0 unspecified atom stereocenters. The molecule has 8 nitrogen and oxygen atoms in total. The molecular weight excluding hydrogens is 467 g/mol. The highest BCUT2D eigenvalue weighted by molar-refractivity contribution is 6.31. The minimum absolute atomic E-state index is 0.0786. The molecule has 0 atom stereocenters. The molecule has 0 N–H and O–H groups in total. The molecule has 0 radical (unpaired) electrons. The number of carbonyl (C=O) groups excluding carboxylic acids is 3. The van der Waals surface area contributed by atoms with Gasteiger partial charge < -0.3 is 9.47 Å². The van der Waals surface area contributed by atoms with Crippen LogP contribution in [-0.2, 0) is 22.3 Å². The Hall–Kier alpha value is -3.34. The first kappa shape index (κ1) is 24.3. The number of halogens is 4. The molecule has 3 rings (SSSR count). The Kier molecular flexibility index (Phi) is 6.55. The molecule has 1 fully saturated rings. The summed E-state index contributed by atoms with van der Waals surface area (Å²) in [6, 6.07) is 5.06. The van der Waals surface area contributed by atoms with E-state index in [0.717, 1.165) is 12.3 Å². The maximum absolute atomic E-state index is 13.2. The van der Waals surface area contributed by atoms with E-state index in [-0.39, 0.29) is 22.2 Å². The van der Waals surface area contributed by atoms with Gasteiger partial charge in [0.15, 0.2) is 0 Å². The number of ether oxygens (including phenoxy) is 2. The topological polar surface area (TPSA) is 89.0 Å². The van der Waals surface area contributed by atoms with E-state index in [9.17, 15) is 27.6 Å². The summed E-state index contributed by atoms with van der Waals surface area (Å²) < 4.78 is 50.1. The fourth-order valence-electron chi connectivity index (χ4n) is 2.90. The fraction of sp³-hybridized carbons (Fsp3) is 0.333. The highest BCUT2D eigenvalue weighted by atomic mass is 35.5. The van der Waals surface area contributed by atoms with Crippen molar-refractivity contribution in [2.24, 2.45) is 0 Å². The molecule has 0 aliphatic carbocycles. The molecule has 176 valence electrons. The zero-order valence-electron chi connectivity index (χ0n) is 17.8. The van der Waals surface area contributed by atoms with Gasteiger partial charge in [0, 0.05) is 10.6 Å². The molecule has 2 aromatic rings. The molecule has 0 spiro atoms. The molecule has 0 saturated carbocycles. The number of aromatic nitrogens is 1. The highest BCUT2D eigenvalue weighted by Gasteiger charge is 2.43. The number of alkyl halides is 3. The van der Waals surface area contributed by atoms with E-state index in [1.807, 2.05) is 0 Å². The quantitative estimate of drug-likeness (QED) is 0.564. The average Bonchev–Trinajstić information content (AvgIpc) is 2.99. The van der Waals surface area contributed by atoms with Crippen LogP contribution in [0.5, 0.6) is 5.75 Å². The zero-order chi connectivity index (χ0) is 24.6. The van der Waals surface area contributed by atoms with Crippen molar-refractivity contribution in [3.63, 3.8) is 0 Å². The molecule has 4 amide bonds. The summed E-state index contributed by atoms with van der Waals surface area (Å²) in [5.74, 6) is -0.704. The van der Waals surface area contributed by atoms with Gasteiger partial charge in [-0.15, -0.1) is 0 Å². The molecule has 12 heteroatoms. The number of anilines is 1. The number of carbonyl (C=O) groups is 3. The van der Waals surface area contributed by atoms with Crippen molar-refractivity contribution in [1.82, 2.24) is 9.88 Å². The summed E-state index contributed by atoms with van der Waals surface area (Å²) in [6.45, 7) is 3.85. The van der Waals surface area contributed by atoms with E-state index < -0.39 is 48.5 Å². The Labute approximate surface area is 191 Å². The number of amides is 4. The Balaban J connectivity index is 1.72. The van der Waals surface area contributed by atoms with Crippen LogP contribution in [-0.4, -0.2) is 40.1 Å². The van der Waals surface area contributed by atoms with Crippen LogP contribution in [0.1, 0.15) is 31.9 Å². The number of hydrogen-bond donors (Lipinski definition) is 0. The van der Waals surface area contributed by atoms with E-state index in [2.05, 4.69) is 4.98 Å². The van der Waals surface area contributed by atoms with Gasteiger partial charge in [0.2, 0.25) is 0 Å². The van der Waals surface area contributed by atoms with Gasteiger partial charge in [-0.3, -0.25) is 4.79 Å². The number of benzene rings is 1. The lowest BCUT2D eigenvalue weighted by Gasteiger charge is -2.22. The summed E-state index contributed by atoms with van der Waals surface area (Å²) in [5.41, 5.74) is -2.03. The molecular formula is C21H19ClF3N3O5. The first-order valence-corrected chi connectivity index (χ1v) is 9.96.